The minimum absolute atomic E-state index is 0.0662. The summed E-state index contributed by atoms with van der Waals surface area (Å²) in [6.45, 7) is -0.0662. The average molecular weight is 674 g/mol. The number of anilines is 2. The summed E-state index contributed by atoms with van der Waals surface area (Å²) in [7, 11) is 0. The maximum Gasteiger partial charge on any atom is 0.412 e. The van der Waals surface area contributed by atoms with Crippen molar-refractivity contribution in [3.63, 3.8) is 0 Å². The summed E-state index contributed by atoms with van der Waals surface area (Å²) in [5.74, 6) is -1.07. The number of aliphatic hydroxyl groups is 2. The van der Waals surface area contributed by atoms with Crippen molar-refractivity contribution in [3.8, 4) is 0 Å². The number of nitrogen functional groups attached to an aromatic ring is 1. The van der Waals surface area contributed by atoms with Crippen molar-refractivity contribution in [1.29, 1.82) is 0 Å². The molecule has 0 aliphatic heterocycles. The minimum atomic E-state index is -1.54. The zero-order chi connectivity index (χ0) is 35.3. The van der Waals surface area contributed by atoms with Gasteiger partial charge in [-0.25, -0.2) is 4.79 Å². The summed E-state index contributed by atoms with van der Waals surface area (Å²) in [6.07, 6.45) is -1.91. The van der Waals surface area contributed by atoms with Gasteiger partial charge in [0.05, 0.1) is 29.0 Å². The standard InChI is InChI=1S/C39H39N5O6/c40-29-20-18-28(19-21-29)37(47)42-33(23-26-11-3-1-4-12-26)35(45)36(46)34(24-27-13-5-2-6-14-27)43-38(48)31-16-7-8-17-32(31)44-39(49)50-25-30-15-9-10-22-41-30/h1-22,33-36,45-46H,23-25,40H2,(H,42,47)(H,43,48)(H,44,49)/t33-,34-,35-,36+/m0/s1. The number of nitrogens with zero attached hydrogens (tertiary/aromatic N) is 1. The molecule has 4 aromatic carbocycles. The molecule has 3 amide bonds. The van der Waals surface area contributed by atoms with E-state index in [4.69, 9.17) is 10.5 Å². The third-order valence-electron chi connectivity index (χ3n) is 8.06. The number of nitrogens with two attached hydrogens (primary N) is 1. The lowest BCUT2D eigenvalue weighted by atomic mass is 9.90. The van der Waals surface area contributed by atoms with Gasteiger partial charge in [0.2, 0.25) is 0 Å². The molecule has 0 radical (unpaired) electrons. The molecule has 0 aliphatic carbocycles. The Balaban J connectivity index is 1.36. The fourth-order valence-corrected chi connectivity index (χ4v) is 5.42. The van der Waals surface area contributed by atoms with Gasteiger partial charge < -0.3 is 31.3 Å². The third kappa shape index (κ3) is 9.99. The number of benzene rings is 4. The zero-order valence-corrected chi connectivity index (χ0v) is 27.2. The quantitative estimate of drug-likeness (QED) is 0.0933. The lowest BCUT2D eigenvalue weighted by molar-refractivity contribution is -0.0219. The maximum atomic E-state index is 13.8. The van der Waals surface area contributed by atoms with Crippen molar-refractivity contribution in [2.45, 2.75) is 43.7 Å². The van der Waals surface area contributed by atoms with Crippen LogP contribution in [0.4, 0.5) is 16.2 Å². The Morgan fingerprint density at radius 1 is 0.660 bits per heavy atom. The Labute approximate surface area is 290 Å². The van der Waals surface area contributed by atoms with Gasteiger partial charge in [-0.1, -0.05) is 78.9 Å². The molecular weight excluding hydrogens is 634 g/mol. The van der Waals surface area contributed by atoms with E-state index < -0.39 is 42.2 Å². The van der Waals surface area contributed by atoms with Crippen LogP contribution in [0.5, 0.6) is 0 Å². The van der Waals surface area contributed by atoms with Gasteiger partial charge in [-0.05, 0) is 72.5 Å². The second-order valence-electron chi connectivity index (χ2n) is 11.7. The minimum Gasteiger partial charge on any atom is -0.443 e. The summed E-state index contributed by atoms with van der Waals surface area (Å²) in [5.41, 5.74) is 9.08. The highest BCUT2D eigenvalue weighted by Crippen LogP contribution is 2.19. The molecule has 7 N–H and O–H groups in total. The van der Waals surface area contributed by atoms with Crippen molar-refractivity contribution >= 4 is 29.3 Å². The molecule has 0 aliphatic rings. The van der Waals surface area contributed by atoms with Crippen molar-refractivity contribution in [2.75, 3.05) is 11.1 Å². The van der Waals surface area contributed by atoms with E-state index in [9.17, 15) is 24.6 Å². The summed E-state index contributed by atoms with van der Waals surface area (Å²) in [4.78, 5) is 43.9. The topological polar surface area (TPSA) is 176 Å². The predicted octanol–water partition coefficient (Wildman–Crippen LogP) is 4.52. The molecule has 1 heterocycles. The first kappa shape index (κ1) is 35.3. The van der Waals surface area contributed by atoms with Gasteiger partial charge >= 0.3 is 6.09 Å². The smallest absolute Gasteiger partial charge is 0.412 e. The zero-order valence-electron chi connectivity index (χ0n) is 27.2. The monoisotopic (exact) mass is 673 g/mol. The van der Waals surface area contributed by atoms with Crippen LogP contribution in [-0.4, -0.2) is 57.4 Å². The number of hydrogen-bond donors (Lipinski definition) is 6. The molecule has 11 nitrogen and oxygen atoms in total. The molecule has 11 heteroatoms. The van der Waals surface area contributed by atoms with Crippen molar-refractivity contribution in [2.24, 2.45) is 0 Å². The molecule has 5 aromatic rings. The number of pyridine rings is 1. The Kier molecular flexibility index (Phi) is 12.3. The van der Waals surface area contributed by atoms with Gasteiger partial charge in [0.25, 0.3) is 11.8 Å². The molecule has 5 rings (SSSR count). The van der Waals surface area contributed by atoms with Crippen LogP contribution < -0.4 is 21.7 Å². The number of rotatable bonds is 14. The number of aliphatic hydroxyl groups excluding tert-OH is 2. The third-order valence-corrected chi connectivity index (χ3v) is 8.06. The van der Waals surface area contributed by atoms with Crippen LogP contribution in [0.1, 0.15) is 37.5 Å². The summed E-state index contributed by atoms with van der Waals surface area (Å²) in [5, 5.41) is 31.8. The summed E-state index contributed by atoms with van der Waals surface area (Å²) in [6, 6.07) is 34.5. The Morgan fingerprint density at radius 2 is 1.20 bits per heavy atom. The molecule has 0 saturated heterocycles. The SMILES string of the molecule is Nc1ccc(C(=O)N[C@@H](Cc2ccccc2)[C@H](O)[C@H](O)[C@H](Cc2ccccc2)NC(=O)c2ccccc2NC(=O)OCc2ccccn2)cc1. The van der Waals surface area contributed by atoms with E-state index in [1.807, 2.05) is 60.7 Å². The second kappa shape index (κ2) is 17.4. The van der Waals surface area contributed by atoms with Crippen molar-refractivity contribution < 1.29 is 29.3 Å². The van der Waals surface area contributed by atoms with Crippen LogP contribution in [0, 0.1) is 0 Å². The fraction of sp³-hybridized carbons (Fsp3) is 0.179. The van der Waals surface area contributed by atoms with E-state index in [1.54, 1.807) is 66.9 Å². The number of para-hydroxylation sites is 1. The first-order valence-corrected chi connectivity index (χ1v) is 16.1. The van der Waals surface area contributed by atoms with E-state index in [-0.39, 0.29) is 30.7 Å². The molecule has 50 heavy (non-hydrogen) atoms. The van der Waals surface area contributed by atoms with Crippen molar-refractivity contribution in [3.05, 3.63) is 162 Å². The largest absolute Gasteiger partial charge is 0.443 e. The Bertz CT molecular complexity index is 1840. The number of hydrogen-bond acceptors (Lipinski definition) is 8. The molecule has 0 saturated carbocycles. The van der Waals surface area contributed by atoms with E-state index in [0.717, 1.165) is 11.1 Å². The number of amides is 3. The first-order valence-electron chi connectivity index (χ1n) is 16.1. The van der Waals surface area contributed by atoms with E-state index >= 15 is 0 Å². The first-order chi connectivity index (χ1) is 24.3. The molecular formula is C39H39N5O6. The number of aromatic nitrogens is 1. The van der Waals surface area contributed by atoms with E-state index in [2.05, 4.69) is 20.9 Å². The van der Waals surface area contributed by atoms with Gasteiger partial charge in [-0.2, -0.15) is 0 Å². The summed E-state index contributed by atoms with van der Waals surface area (Å²) >= 11 is 0. The number of ether oxygens (including phenoxy) is 1. The van der Waals surface area contributed by atoms with Gasteiger partial charge in [0.15, 0.2) is 0 Å². The van der Waals surface area contributed by atoms with Crippen LogP contribution >= 0.6 is 0 Å². The van der Waals surface area contributed by atoms with Crippen LogP contribution in [-0.2, 0) is 24.2 Å². The lowest BCUT2D eigenvalue weighted by Crippen LogP contribution is -2.57. The maximum absolute atomic E-state index is 13.8. The second-order valence-corrected chi connectivity index (χ2v) is 11.7. The molecule has 0 bridgehead atoms. The number of carbonyl (C=O) groups is 3. The molecule has 256 valence electrons. The van der Waals surface area contributed by atoms with E-state index in [0.29, 0.717) is 16.9 Å². The van der Waals surface area contributed by atoms with Gasteiger partial charge in [0.1, 0.15) is 18.8 Å². The molecule has 0 unspecified atom stereocenters. The number of nitrogens with one attached hydrogen (secondary N) is 3. The molecule has 0 spiro atoms. The lowest BCUT2D eigenvalue weighted by Gasteiger charge is -2.33. The molecule has 4 atom stereocenters. The summed E-state index contributed by atoms with van der Waals surface area (Å²) < 4.78 is 5.28. The molecule has 0 fully saturated rings. The highest BCUT2D eigenvalue weighted by molar-refractivity contribution is 6.02. The molecule has 1 aromatic heterocycles. The van der Waals surface area contributed by atoms with Crippen LogP contribution in [0.15, 0.2) is 134 Å². The average Bonchev–Trinajstić information content (AvgIpc) is 3.14. The Morgan fingerprint density at radius 3 is 1.78 bits per heavy atom. The van der Waals surface area contributed by atoms with Crippen LogP contribution in [0.2, 0.25) is 0 Å². The van der Waals surface area contributed by atoms with Crippen molar-refractivity contribution in [1.82, 2.24) is 15.6 Å². The number of carbonyl (C=O) groups excluding carboxylic acids is 3. The van der Waals surface area contributed by atoms with Crippen LogP contribution in [0.3, 0.4) is 0 Å². The Hall–Kier alpha value is -6.04. The predicted molar refractivity (Wildman–Crippen MR) is 190 cm³/mol. The normalized spacial score (nSPS) is 13.2. The van der Waals surface area contributed by atoms with Gasteiger partial charge in [0, 0.05) is 17.4 Å². The highest BCUT2D eigenvalue weighted by Gasteiger charge is 2.35. The fourth-order valence-electron chi connectivity index (χ4n) is 5.42. The van der Waals surface area contributed by atoms with E-state index in [1.165, 1.54) is 6.07 Å². The van der Waals surface area contributed by atoms with Gasteiger partial charge in [-0.3, -0.25) is 19.9 Å². The van der Waals surface area contributed by atoms with Crippen LogP contribution in [0.25, 0.3) is 0 Å². The van der Waals surface area contributed by atoms with Gasteiger partial charge in [-0.15, -0.1) is 0 Å². The highest BCUT2D eigenvalue weighted by atomic mass is 16.5.